The molecule has 2 heterocycles. The first-order valence-corrected chi connectivity index (χ1v) is 9.51. The van der Waals surface area contributed by atoms with E-state index in [4.69, 9.17) is 9.47 Å². The molecule has 0 bridgehead atoms. The van der Waals surface area contributed by atoms with Crippen molar-refractivity contribution in [3.05, 3.63) is 63.8 Å². The number of benzene rings is 1. The van der Waals surface area contributed by atoms with Gasteiger partial charge in [0, 0.05) is 23.6 Å². The molecule has 0 radical (unpaired) electrons. The summed E-state index contributed by atoms with van der Waals surface area (Å²) in [6, 6.07) is 7.37. The number of hydrogen-bond acceptors (Lipinski definition) is 4. The quantitative estimate of drug-likeness (QED) is 0.601. The molecule has 2 aliphatic rings. The van der Waals surface area contributed by atoms with Crippen molar-refractivity contribution in [1.29, 1.82) is 0 Å². The van der Waals surface area contributed by atoms with E-state index in [0.717, 1.165) is 50.5 Å². The van der Waals surface area contributed by atoms with Crippen molar-refractivity contribution in [1.82, 2.24) is 0 Å². The fourth-order valence-corrected chi connectivity index (χ4v) is 4.05. The van der Waals surface area contributed by atoms with Gasteiger partial charge in [-0.15, -0.1) is 0 Å². The summed E-state index contributed by atoms with van der Waals surface area (Å²) in [6.45, 7) is 0.376. The largest absolute Gasteiger partial charge is 0.624 e. The molecule has 0 saturated heterocycles. The van der Waals surface area contributed by atoms with Crippen LogP contribution < -0.4 is 14.2 Å². The topological polar surface area (TPSA) is 71.5 Å². The Labute approximate surface area is 158 Å². The van der Waals surface area contributed by atoms with Gasteiger partial charge in [0.2, 0.25) is 0 Å². The Morgan fingerprint density at radius 1 is 1.15 bits per heavy atom. The molecule has 0 spiro atoms. The van der Waals surface area contributed by atoms with Crippen LogP contribution in [0.25, 0.3) is 0 Å². The Bertz CT molecular complexity index is 872. The van der Waals surface area contributed by atoms with E-state index in [9.17, 15) is 10.4 Å². The summed E-state index contributed by atoms with van der Waals surface area (Å²) < 4.78 is 13.7. The number of aromatic nitrogens is 1. The van der Waals surface area contributed by atoms with Gasteiger partial charge in [-0.25, -0.2) is 4.74 Å². The van der Waals surface area contributed by atoms with E-state index < -0.39 is 0 Å². The average Bonchev–Trinajstić information content (AvgIpc) is 3.17. The van der Waals surface area contributed by atoms with Crippen LogP contribution >= 0.6 is 0 Å². The summed E-state index contributed by atoms with van der Waals surface area (Å²) in [6.07, 6.45) is 8.70. The number of hydrogen-bond donors (Lipinski definition) is 0. The molecule has 1 aromatic heterocycles. The number of methoxy groups -OCH3 is 1. The molecule has 142 valence electrons. The Morgan fingerprint density at radius 2 is 1.96 bits per heavy atom. The fraction of sp³-hybridized carbons (Fsp3) is 0.429. The molecule has 1 aromatic carbocycles. The molecule has 0 atom stereocenters. The SMILES string of the molecule is COc1ccc2c(c1OC1CCCC1)CC[N+]([O-])=C2Cc1ccc[n+]([O-])c1. The van der Waals surface area contributed by atoms with Gasteiger partial charge >= 0.3 is 0 Å². The second-order valence-corrected chi connectivity index (χ2v) is 7.20. The molecule has 1 aliphatic carbocycles. The average molecular weight is 368 g/mol. The molecule has 6 nitrogen and oxygen atoms in total. The van der Waals surface area contributed by atoms with Gasteiger partial charge in [-0.3, -0.25) is 0 Å². The Kier molecular flexibility index (Phi) is 4.88. The highest BCUT2D eigenvalue weighted by Crippen LogP contribution is 2.38. The van der Waals surface area contributed by atoms with Gasteiger partial charge in [-0.2, -0.15) is 4.73 Å². The maximum absolute atomic E-state index is 12.6. The Hall–Kier alpha value is -2.76. The maximum atomic E-state index is 12.6. The highest BCUT2D eigenvalue weighted by Gasteiger charge is 2.30. The number of nitrogens with zero attached hydrogens (tertiary/aromatic N) is 2. The molecule has 27 heavy (non-hydrogen) atoms. The van der Waals surface area contributed by atoms with Crippen LogP contribution in [0.5, 0.6) is 11.5 Å². The summed E-state index contributed by atoms with van der Waals surface area (Å²) in [5.41, 5.74) is 3.41. The Morgan fingerprint density at radius 3 is 2.70 bits per heavy atom. The first kappa shape index (κ1) is 17.6. The summed E-state index contributed by atoms with van der Waals surface area (Å²) in [5.74, 6) is 1.50. The lowest BCUT2D eigenvalue weighted by atomic mass is 9.92. The van der Waals surface area contributed by atoms with Crippen molar-refractivity contribution >= 4 is 5.71 Å². The third-order valence-corrected chi connectivity index (χ3v) is 5.42. The third-order valence-electron chi connectivity index (χ3n) is 5.42. The number of rotatable bonds is 5. The summed E-state index contributed by atoms with van der Waals surface area (Å²) in [4.78, 5) is 0. The van der Waals surface area contributed by atoms with E-state index in [2.05, 4.69) is 0 Å². The van der Waals surface area contributed by atoms with Gasteiger partial charge in [0.25, 0.3) is 0 Å². The number of ether oxygens (including phenoxy) is 2. The van der Waals surface area contributed by atoms with Crippen LogP contribution in [0.3, 0.4) is 0 Å². The molecule has 0 amide bonds. The molecule has 4 rings (SSSR count). The predicted molar refractivity (Wildman–Crippen MR) is 101 cm³/mol. The zero-order valence-electron chi connectivity index (χ0n) is 15.5. The molecular formula is C21H24N2O4. The van der Waals surface area contributed by atoms with Crippen molar-refractivity contribution in [2.75, 3.05) is 13.7 Å². The van der Waals surface area contributed by atoms with Gasteiger partial charge < -0.3 is 19.9 Å². The highest BCUT2D eigenvalue weighted by atomic mass is 16.5. The maximum Gasteiger partial charge on any atom is 0.199 e. The minimum absolute atomic E-state index is 0.215. The van der Waals surface area contributed by atoms with E-state index in [0.29, 0.717) is 25.1 Å². The summed E-state index contributed by atoms with van der Waals surface area (Å²) >= 11 is 0. The number of hydroxylamine groups is 1. The lowest BCUT2D eigenvalue weighted by Crippen LogP contribution is -2.30. The van der Waals surface area contributed by atoms with E-state index in [1.54, 1.807) is 13.2 Å². The molecule has 1 saturated carbocycles. The van der Waals surface area contributed by atoms with Gasteiger partial charge in [0.05, 0.1) is 25.2 Å². The van der Waals surface area contributed by atoms with Crippen LogP contribution in [0.15, 0.2) is 36.7 Å². The standard InChI is InChI=1S/C21H24N2O4/c1-26-20-9-8-17-18(21(20)27-16-6-2-3-7-16)10-12-23(25)19(17)13-15-5-4-11-22(24)14-15/h4-5,8-9,11,14,16H,2-3,6-7,10,12-13H2,1H3. The van der Waals surface area contributed by atoms with Crippen LogP contribution in [0.1, 0.15) is 42.4 Å². The van der Waals surface area contributed by atoms with Gasteiger partial charge in [-0.05, 0) is 43.9 Å². The molecule has 2 aromatic rings. The van der Waals surface area contributed by atoms with Gasteiger partial charge in [0.15, 0.2) is 36.1 Å². The smallest absolute Gasteiger partial charge is 0.199 e. The molecule has 6 heteroatoms. The molecule has 0 N–H and O–H groups in total. The Balaban J connectivity index is 1.72. The van der Waals surface area contributed by atoms with E-state index in [1.807, 2.05) is 18.2 Å². The van der Waals surface area contributed by atoms with Crippen LogP contribution in [-0.4, -0.2) is 30.2 Å². The lowest BCUT2D eigenvalue weighted by molar-refractivity contribution is -0.605. The van der Waals surface area contributed by atoms with Crippen molar-refractivity contribution in [2.24, 2.45) is 0 Å². The molecule has 1 aliphatic heterocycles. The number of fused-ring (bicyclic) bond motifs is 1. The zero-order chi connectivity index (χ0) is 18.8. The predicted octanol–water partition coefficient (Wildman–Crippen LogP) is 2.75. The second kappa shape index (κ2) is 7.47. The van der Waals surface area contributed by atoms with Crippen molar-refractivity contribution in [3.63, 3.8) is 0 Å². The lowest BCUT2D eigenvalue weighted by Gasteiger charge is -2.25. The minimum Gasteiger partial charge on any atom is -0.624 e. The van der Waals surface area contributed by atoms with Crippen molar-refractivity contribution in [3.8, 4) is 11.5 Å². The summed E-state index contributed by atoms with van der Waals surface area (Å²) in [5, 5.41) is 24.1. The second-order valence-electron chi connectivity index (χ2n) is 7.20. The van der Waals surface area contributed by atoms with E-state index in [-0.39, 0.29) is 6.10 Å². The van der Waals surface area contributed by atoms with Crippen LogP contribution in [0.4, 0.5) is 0 Å². The van der Waals surface area contributed by atoms with Crippen molar-refractivity contribution in [2.45, 2.75) is 44.6 Å². The van der Waals surface area contributed by atoms with Gasteiger partial charge in [-0.1, -0.05) is 0 Å². The monoisotopic (exact) mass is 368 g/mol. The van der Waals surface area contributed by atoms with Crippen molar-refractivity contribution < 1.29 is 18.9 Å². The van der Waals surface area contributed by atoms with E-state index in [1.165, 1.54) is 25.2 Å². The van der Waals surface area contributed by atoms with Crippen LogP contribution in [0, 0.1) is 10.4 Å². The first-order chi connectivity index (χ1) is 13.2. The third kappa shape index (κ3) is 3.56. The number of pyridine rings is 1. The first-order valence-electron chi connectivity index (χ1n) is 9.51. The highest BCUT2D eigenvalue weighted by molar-refractivity contribution is 6.01. The normalized spacial score (nSPS) is 17.1. The van der Waals surface area contributed by atoms with E-state index >= 15 is 0 Å². The molecular weight excluding hydrogens is 344 g/mol. The fourth-order valence-electron chi connectivity index (χ4n) is 4.05. The molecule has 1 fully saturated rings. The van der Waals surface area contributed by atoms with Gasteiger partial charge in [0.1, 0.15) is 0 Å². The van der Waals surface area contributed by atoms with Crippen LogP contribution in [-0.2, 0) is 12.8 Å². The molecule has 0 unspecified atom stereocenters. The zero-order valence-corrected chi connectivity index (χ0v) is 15.5. The van der Waals surface area contributed by atoms with Crippen LogP contribution in [0.2, 0.25) is 0 Å². The summed E-state index contributed by atoms with van der Waals surface area (Å²) in [7, 11) is 1.65. The minimum atomic E-state index is 0.215.